The Morgan fingerprint density at radius 1 is 1.00 bits per heavy atom. The topological polar surface area (TPSA) is 109 Å². The normalized spacial score (nSPS) is 12.3. The Morgan fingerprint density at radius 2 is 1.74 bits per heavy atom. The van der Waals surface area contributed by atoms with Crippen LogP contribution >= 0.6 is 0 Å². The Labute approximate surface area is 196 Å². The zero-order valence-electron chi connectivity index (χ0n) is 19.3. The molecule has 1 aromatic heterocycles. The lowest BCUT2D eigenvalue weighted by molar-refractivity contribution is 0.0927. The molecule has 0 saturated heterocycles. The van der Waals surface area contributed by atoms with Crippen LogP contribution in [0.5, 0.6) is 11.5 Å². The summed E-state index contributed by atoms with van der Waals surface area (Å²) in [5.41, 5.74) is 6.73. The molecule has 2 heterocycles. The van der Waals surface area contributed by atoms with Crippen LogP contribution in [-0.2, 0) is 19.6 Å². The molecule has 0 radical (unpaired) electrons. The van der Waals surface area contributed by atoms with E-state index in [9.17, 15) is 14.4 Å². The summed E-state index contributed by atoms with van der Waals surface area (Å²) in [7, 11) is 0. The molecule has 9 heteroatoms. The first-order chi connectivity index (χ1) is 16.4. The van der Waals surface area contributed by atoms with Gasteiger partial charge < -0.3 is 15.2 Å². The van der Waals surface area contributed by atoms with E-state index in [0.29, 0.717) is 24.6 Å². The van der Waals surface area contributed by atoms with E-state index in [0.717, 1.165) is 15.7 Å². The second-order valence-corrected chi connectivity index (χ2v) is 8.08. The highest BCUT2D eigenvalue weighted by Crippen LogP contribution is 2.32. The van der Waals surface area contributed by atoms with Gasteiger partial charge in [-0.15, -0.1) is 0 Å². The van der Waals surface area contributed by atoms with E-state index in [1.165, 1.54) is 4.57 Å². The summed E-state index contributed by atoms with van der Waals surface area (Å²) >= 11 is 0. The van der Waals surface area contributed by atoms with E-state index in [2.05, 4.69) is 0 Å². The molecule has 34 heavy (non-hydrogen) atoms. The largest absolute Gasteiger partial charge is 0.454 e. The number of ketones is 1. The van der Waals surface area contributed by atoms with Crippen molar-refractivity contribution in [3.8, 4) is 11.5 Å². The highest BCUT2D eigenvalue weighted by atomic mass is 16.7. The second-order valence-electron chi connectivity index (χ2n) is 8.08. The van der Waals surface area contributed by atoms with Gasteiger partial charge in [0.15, 0.2) is 17.3 Å². The molecule has 0 amide bonds. The molecule has 0 fully saturated rings. The monoisotopic (exact) mass is 464 g/mol. The van der Waals surface area contributed by atoms with Crippen LogP contribution in [0.4, 0.5) is 5.82 Å². The minimum Gasteiger partial charge on any atom is -0.454 e. The number of Topliss-reactive ketones (excluding diaryl/α,β-unsaturated/α-hetero) is 1. The zero-order chi connectivity index (χ0) is 24.2. The zero-order valence-corrected chi connectivity index (χ0v) is 19.3. The number of fused-ring (bicyclic) bond motifs is 1. The van der Waals surface area contributed by atoms with Gasteiger partial charge in [0, 0.05) is 13.1 Å². The number of likely N-dealkylation sites (N-methyl/N-ethyl adjacent to an activating group) is 1. The molecule has 9 nitrogen and oxygen atoms in total. The number of rotatable bonds is 9. The molecule has 2 aromatic carbocycles. The van der Waals surface area contributed by atoms with Gasteiger partial charge in [0.1, 0.15) is 11.4 Å². The van der Waals surface area contributed by atoms with E-state index in [1.807, 2.05) is 60.4 Å². The Morgan fingerprint density at radius 3 is 2.44 bits per heavy atom. The molecular weight excluding hydrogens is 436 g/mol. The molecule has 0 bridgehead atoms. The molecule has 0 atom stereocenters. The summed E-state index contributed by atoms with van der Waals surface area (Å²) in [6.07, 6.45) is 0. The van der Waals surface area contributed by atoms with Crippen LogP contribution in [0.1, 0.15) is 35.3 Å². The minimum absolute atomic E-state index is 0.0162. The van der Waals surface area contributed by atoms with Crippen molar-refractivity contribution >= 4 is 11.6 Å². The molecule has 2 N–H and O–H groups in total. The first-order valence-electron chi connectivity index (χ1n) is 11.2. The van der Waals surface area contributed by atoms with E-state index < -0.39 is 17.0 Å². The molecular formula is C25H28N4O5. The fourth-order valence-electron chi connectivity index (χ4n) is 4.03. The highest BCUT2D eigenvalue weighted by molar-refractivity contribution is 6.01. The van der Waals surface area contributed by atoms with Crippen LogP contribution in [-0.4, -0.2) is 39.7 Å². The van der Waals surface area contributed by atoms with Crippen molar-refractivity contribution in [3.63, 3.8) is 0 Å². The number of nitrogens with zero attached hydrogens (tertiary/aromatic N) is 3. The van der Waals surface area contributed by atoms with E-state index in [-0.39, 0.29) is 37.8 Å². The van der Waals surface area contributed by atoms with Crippen LogP contribution in [0.25, 0.3) is 0 Å². The number of ether oxygens (including phenoxy) is 2. The Bertz CT molecular complexity index is 1310. The summed E-state index contributed by atoms with van der Waals surface area (Å²) in [5.74, 6) is 0.834. The molecule has 1 aliphatic heterocycles. The lowest BCUT2D eigenvalue weighted by atomic mass is 10.1. The van der Waals surface area contributed by atoms with E-state index in [4.69, 9.17) is 15.2 Å². The van der Waals surface area contributed by atoms with Crippen LogP contribution < -0.4 is 26.5 Å². The average molecular weight is 465 g/mol. The Balaban J connectivity index is 1.63. The number of anilines is 1. The minimum atomic E-state index is -0.654. The highest BCUT2D eigenvalue weighted by Gasteiger charge is 2.24. The summed E-state index contributed by atoms with van der Waals surface area (Å²) in [5, 5.41) is 0. The van der Waals surface area contributed by atoms with Crippen molar-refractivity contribution in [2.24, 2.45) is 0 Å². The van der Waals surface area contributed by atoms with Crippen molar-refractivity contribution in [3.05, 3.63) is 86.1 Å². The fraction of sp³-hybridized carbons (Fsp3) is 0.320. The van der Waals surface area contributed by atoms with Gasteiger partial charge in [-0.1, -0.05) is 43.3 Å². The fourth-order valence-corrected chi connectivity index (χ4v) is 4.03. The van der Waals surface area contributed by atoms with Gasteiger partial charge in [0.05, 0.1) is 13.1 Å². The quantitative estimate of drug-likeness (QED) is 0.483. The summed E-state index contributed by atoms with van der Waals surface area (Å²) in [6, 6.07) is 14.9. The molecule has 0 unspecified atom stereocenters. The third kappa shape index (κ3) is 4.60. The molecule has 4 rings (SSSR count). The van der Waals surface area contributed by atoms with Gasteiger partial charge in [-0.05, 0) is 36.7 Å². The first kappa shape index (κ1) is 23.3. The molecule has 3 aromatic rings. The summed E-state index contributed by atoms with van der Waals surface area (Å²) in [6.45, 7) is 5.16. The molecule has 0 saturated carbocycles. The van der Waals surface area contributed by atoms with E-state index >= 15 is 0 Å². The van der Waals surface area contributed by atoms with Crippen molar-refractivity contribution in [1.29, 1.82) is 0 Å². The molecule has 1 aliphatic rings. The van der Waals surface area contributed by atoms with Gasteiger partial charge in [0.25, 0.3) is 5.56 Å². The lowest BCUT2D eigenvalue weighted by Crippen LogP contribution is -2.45. The first-order valence-corrected chi connectivity index (χ1v) is 11.2. The van der Waals surface area contributed by atoms with Crippen LogP contribution in [0.15, 0.2) is 58.1 Å². The third-order valence-corrected chi connectivity index (χ3v) is 5.90. The second kappa shape index (κ2) is 9.96. The van der Waals surface area contributed by atoms with E-state index in [1.54, 1.807) is 6.92 Å². The smallest absolute Gasteiger partial charge is 0.332 e. The summed E-state index contributed by atoms with van der Waals surface area (Å²) in [4.78, 5) is 41.2. The third-order valence-electron chi connectivity index (χ3n) is 5.90. The predicted molar refractivity (Wildman–Crippen MR) is 128 cm³/mol. The van der Waals surface area contributed by atoms with Crippen molar-refractivity contribution < 1.29 is 14.3 Å². The average Bonchev–Trinajstić information content (AvgIpc) is 3.30. The summed E-state index contributed by atoms with van der Waals surface area (Å²) < 4.78 is 13.1. The van der Waals surface area contributed by atoms with Gasteiger partial charge in [-0.3, -0.25) is 23.6 Å². The van der Waals surface area contributed by atoms with Crippen molar-refractivity contribution in [1.82, 2.24) is 14.0 Å². The Kier molecular flexibility index (Phi) is 6.83. The number of nitrogens with two attached hydrogens (primary N) is 1. The lowest BCUT2D eigenvalue weighted by Gasteiger charge is -2.21. The van der Waals surface area contributed by atoms with Crippen molar-refractivity contribution in [2.75, 3.05) is 25.6 Å². The number of nitrogen functional groups attached to an aromatic ring is 1. The maximum absolute atomic E-state index is 13.3. The number of carbonyl (C=O) groups is 1. The SMILES string of the molecule is CCN(CC(=O)c1c(N)n(Cc2ccccc2)c(=O)n(CC)c1=O)Cc1ccc2c(c1)OCO2. The molecule has 178 valence electrons. The van der Waals surface area contributed by atoms with Gasteiger partial charge in [-0.2, -0.15) is 0 Å². The molecule has 0 aliphatic carbocycles. The number of hydrogen-bond acceptors (Lipinski definition) is 7. The van der Waals surface area contributed by atoms with Gasteiger partial charge in [-0.25, -0.2) is 4.79 Å². The molecule has 0 spiro atoms. The maximum atomic E-state index is 13.3. The predicted octanol–water partition coefficient (Wildman–Crippen LogP) is 2.09. The number of aromatic nitrogens is 2. The number of carbonyl (C=O) groups excluding carboxylic acids is 1. The van der Waals surface area contributed by atoms with Crippen molar-refractivity contribution in [2.45, 2.75) is 33.5 Å². The maximum Gasteiger partial charge on any atom is 0.332 e. The van der Waals surface area contributed by atoms with Crippen LogP contribution in [0, 0.1) is 0 Å². The number of benzene rings is 2. The van der Waals surface area contributed by atoms with Crippen LogP contribution in [0.2, 0.25) is 0 Å². The Hall–Kier alpha value is -3.85. The van der Waals surface area contributed by atoms with Gasteiger partial charge in [0.2, 0.25) is 6.79 Å². The standard InChI is InChI=1S/C25H28N4O5/c1-3-27(13-18-10-11-20-21(12-18)34-16-33-20)15-19(30)22-23(26)29(14-17-8-6-5-7-9-17)25(32)28(4-2)24(22)31/h5-12H,3-4,13-16,26H2,1-2H3. The number of hydrogen-bond donors (Lipinski definition) is 1. The van der Waals surface area contributed by atoms with Crippen LogP contribution in [0.3, 0.4) is 0 Å². The van der Waals surface area contributed by atoms with Gasteiger partial charge >= 0.3 is 5.69 Å².